The van der Waals surface area contributed by atoms with E-state index in [0.717, 1.165) is 31.5 Å². The van der Waals surface area contributed by atoms with Crippen molar-refractivity contribution in [1.29, 1.82) is 0 Å². The van der Waals surface area contributed by atoms with Crippen LogP contribution in [-0.4, -0.2) is 53.6 Å². The van der Waals surface area contributed by atoms with Crippen molar-refractivity contribution in [1.82, 2.24) is 15.5 Å². The average Bonchev–Trinajstić information content (AvgIpc) is 2.67. The number of amides is 3. The van der Waals surface area contributed by atoms with Crippen LogP contribution in [0, 0.1) is 0 Å². The summed E-state index contributed by atoms with van der Waals surface area (Å²) >= 11 is 0. The van der Waals surface area contributed by atoms with Crippen molar-refractivity contribution < 1.29 is 19.5 Å². The summed E-state index contributed by atoms with van der Waals surface area (Å²) in [6.07, 6.45) is 4.45. The van der Waals surface area contributed by atoms with Gasteiger partial charge >= 0.3 is 12.0 Å². The fourth-order valence-electron chi connectivity index (χ4n) is 3.24. The summed E-state index contributed by atoms with van der Waals surface area (Å²) in [5.74, 6) is -0.816. The molecule has 7 nitrogen and oxygen atoms in total. The Balaban J connectivity index is 1.76. The topological polar surface area (TPSA) is 98.7 Å². The molecule has 0 aliphatic carbocycles. The third-order valence-corrected chi connectivity index (χ3v) is 4.70. The molecule has 2 rings (SSSR count). The number of carbonyl (C=O) groups excluding carboxylic acids is 2. The third-order valence-electron chi connectivity index (χ3n) is 4.70. The van der Waals surface area contributed by atoms with Gasteiger partial charge in [0.15, 0.2) is 0 Å². The highest BCUT2D eigenvalue weighted by atomic mass is 16.4. The molecule has 1 unspecified atom stereocenters. The first kappa shape index (κ1) is 20.7. The summed E-state index contributed by atoms with van der Waals surface area (Å²) in [5.41, 5.74) is 1.04. The maximum absolute atomic E-state index is 12.2. The standard InChI is InChI=1S/C20H29N3O4/c24-18(23-13-5-2-6-14-23)11-12-21-20(27)22-17(9-10-19(25)26)15-16-7-3-1-4-8-16/h1,3-4,7-8,17H,2,5-6,9-15H2,(H,25,26)(H2,21,22,27). The summed E-state index contributed by atoms with van der Waals surface area (Å²) in [6.45, 7) is 1.89. The molecule has 0 radical (unpaired) electrons. The molecule has 0 spiro atoms. The zero-order chi connectivity index (χ0) is 19.5. The molecule has 0 bridgehead atoms. The van der Waals surface area contributed by atoms with E-state index in [1.165, 1.54) is 6.42 Å². The molecule has 1 aliphatic rings. The van der Waals surface area contributed by atoms with Crippen LogP contribution < -0.4 is 10.6 Å². The monoisotopic (exact) mass is 375 g/mol. The predicted octanol–water partition coefficient (Wildman–Crippen LogP) is 2.16. The molecular weight excluding hydrogens is 346 g/mol. The Morgan fingerprint density at radius 1 is 1.04 bits per heavy atom. The molecule has 3 N–H and O–H groups in total. The van der Waals surface area contributed by atoms with Crippen LogP contribution in [0.15, 0.2) is 30.3 Å². The van der Waals surface area contributed by atoms with Gasteiger partial charge in [-0.1, -0.05) is 30.3 Å². The Morgan fingerprint density at radius 2 is 1.74 bits per heavy atom. The van der Waals surface area contributed by atoms with Crippen molar-refractivity contribution in [3.63, 3.8) is 0 Å². The van der Waals surface area contributed by atoms with Gasteiger partial charge in [0.25, 0.3) is 0 Å². The van der Waals surface area contributed by atoms with Gasteiger partial charge in [-0.05, 0) is 37.7 Å². The van der Waals surface area contributed by atoms with Gasteiger partial charge in [0, 0.05) is 38.5 Å². The SMILES string of the molecule is O=C(O)CCC(Cc1ccccc1)NC(=O)NCCC(=O)N1CCCCC1. The van der Waals surface area contributed by atoms with E-state index in [1.54, 1.807) is 0 Å². The van der Waals surface area contributed by atoms with E-state index in [4.69, 9.17) is 5.11 Å². The van der Waals surface area contributed by atoms with E-state index in [2.05, 4.69) is 10.6 Å². The van der Waals surface area contributed by atoms with Crippen LogP contribution in [0.3, 0.4) is 0 Å². The lowest BCUT2D eigenvalue weighted by Crippen LogP contribution is -2.44. The lowest BCUT2D eigenvalue weighted by Gasteiger charge is -2.26. The quantitative estimate of drug-likeness (QED) is 0.616. The Morgan fingerprint density at radius 3 is 2.41 bits per heavy atom. The molecule has 1 aromatic carbocycles. The Bertz CT molecular complexity index is 615. The van der Waals surface area contributed by atoms with Gasteiger partial charge in [0.2, 0.25) is 5.91 Å². The number of nitrogens with zero attached hydrogens (tertiary/aromatic N) is 1. The van der Waals surface area contributed by atoms with Crippen LogP contribution in [0.1, 0.15) is 44.1 Å². The summed E-state index contributed by atoms with van der Waals surface area (Å²) in [6, 6.07) is 8.99. The first-order chi connectivity index (χ1) is 13.0. The second kappa shape index (κ2) is 11.2. The minimum absolute atomic E-state index is 0.00870. The second-order valence-electron chi connectivity index (χ2n) is 6.91. The first-order valence-corrected chi connectivity index (χ1v) is 9.62. The minimum atomic E-state index is -0.887. The van der Waals surface area contributed by atoms with Crippen LogP contribution in [-0.2, 0) is 16.0 Å². The number of urea groups is 1. The van der Waals surface area contributed by atoms with E-state index in [9.17, 15) is 14.4 Å². The maximum Gasteiger partial charge on any atom is 0.315 e. The molecule has 0 saturated carbocycles. The number of rotatable bonds is 9. The van der Waals surface area contributed by atoms with Gasteiger partial charge < -0.3 is 20.6 Å². The number of carboxylic acid groups (broad SMARTS) is 1. The molecule has 1 heterocycles. The normalized spacial score (nSPS) is 15.0. The number of carboxylic acids is 1. The van der Waals surface area contributed by atoms with Gasteiger partial charge in [0.05, 0.1) is 0 Å². The summed E-state index contributed by atoms with van der Waals surface area (Å²) in [4.78, 5) is 37.0. The molecule has 1 fully saturated rings. The van der Waals surface area contributed by atoms with Crippen LogP contribution >= 0.6 is 0 Å². The maximum atomic E-state index is 12.2. The zero-order valence-electron chi connectivity index (χ0n) is 15.7. The van der Waals surface area contributed by atoms with Crippen LogP contribution in [0.4, 0.5) is 4.79 Å². The van der Waals surface area contributed by atoms with Crippen LogP contribution in [0.25, 0.3) is 0 Å². The van der Waals surface area contributed by atoms with E-state index in [-0.39, 0.29) is 37.4 Å². The Hall–Kier alpha value is -2.57. The molecule has 1 atom stereocenters. The van der Waals surface area contributed by atoms with Crippen LogP contribution in [0.5, 0.6) is 0 Å². The van der Waals surface area contributed by atoms with E-state index in [1.807, 2.05) is 35.2 Å². The van der Waals surface area contributed by atoms with Crippen molar-refractivity contribution in [2.45, 2.75) is 51.0 Å². The molecule has 27 heavy (non-hydrogen) atoms. The molecule has 148 valence electrons. The smallest absolute Gasteiger partial charge is 0.315 e. The van der Waals surface area contributed by atoms with Crippen molar-refractivity contribution in [3.8, 4) is 0 Å². The summed E-state index contributed by atoms with van der Waals surface area (Å²) in [7, 11) is 0. The largest absolute Gasteiger partial charge is 0.481 e. The highest BCUT2D eigenvalue weighted by Gasteiger charge is 2.17. The number of hydrogen-bond acceptors (Lipinski definition) is 3. The van der Waals surface area contributed by atoms with Crippen molar-refractivity contribution in [2.24, 2.45) is 0 Å². The lowest BCUT2D eigenvalue weighted by atomic mass is 10.0. The fourth-order valence-corrected chi connectivity index (χ4v) is 3.24. The van der Waals surface area contributed by atoms with E-state index < -0.39 is 5.97 Å². The van der Waals surface area contributed by atoms with Crippen molar-refractivity contribution in [3.05, 3.63) is 35.9 Å². The van der Waals surface area contributed by atoms with Gasteiger partial charge in [-0.15, -0.1) is 0 Å². The van der Waals surface area contributed by atoms with Crippen molar-refractivity contribution in [2.75, 3.05) is 19.6 Å². The lowest BCUT2D eigenvalue weighted by molar-refractivity contribution is -0.137. The molecule has 7 heteroatoms. The number of aliphatic carboxylic acids is 1. The fraction of sp³-hybridized carbons (Fsp3) is 0.550. The summed E-state index contributed by atoms with van der Waals surface area (Å²) < 4.78 is 0. The highest BCUT2D eigenvalue weighted by molar-refractivity contribution is 5.78. The van der Waals surface area contributed by atoms with Gasteiger partial charge in [-0.3, -0.25) is 9.59 Å². The van der Waals surface area contributed by atoms with E-state index in [0.29, 0.717) is 12.8 Å². The van der Waals surface area contributed by atoms with Gasteiger partial charge in [0.1, 0.15) is 0 Å². The number of carbonyl (C=O) groups is 3. The highest BCUT2D eigenvalue weighted by Crippen LogP contribution is 2.10. The number of piperidine rings is 1. The molecule has 0 aromatic heterocycles. The van der Waals surface area contributed by atoms with Gasteiger partial charge in [-0.25, -0.2) is 4.79 Å². The number of benzene rings is 1. The zero-order valence-corrected chi connectivity index (χ0v) is 15.7. The first-order valence-electron chi connectivity index (χ1n) is 9.62. The molecule has 3 amide bonds. The second-order valence-corrected chi connectivity index (χ2v) is 6.91. The molecular formula is C20H29N3O4. The molecule has 1 saturated heterocycles. The Labute approximate surface area is 160 Å². The predicted molar refractivity (Wildman–Crippen MR) is 102 cm³/mol. The minimum Gasteiger partial charge on any atom is -0.481 e. The van der Waals surface area contributed by atoms with Gasteiger partial charge in [-0.2, -0.15) is 0 Å². The number of nitrogens with one attached hydrogen (secondary N) is 2. The number of hydrogen-bond donors (Lipinski definition) is 3. The Kier molecular flexibility index (Phi) is 8.61. The molecule has 1 aromatic rings. The van der Waals surface area contributed by atoms with E-state index >= 15 is 0 Å². The number of likely N-dealkylation sites (tertiary alicyclic amines) is 1. The van der Waals surface area contributed by atoms with Crippen molar-refractivity contribution >= 4 is 17.9 Å². The third kappa shape index (κ3) is 8.11. The summed E-state index contributed by atoms with van der Waals surface area (Å²) in [5, 5.41) is 14.5. The molecule has 1 aliphatic heterocycles. The average molecular weight is 375 g/mol. The van der Waals surface area contributed by atoms with Crippen LogP contribution in [0.2, 0.25) is 0 Å².